The zero-order valence-electron chi connectivity index (χ0n) is 10.5. The van der Waals surface area contributed by atoms with Crippen molar-refractivity contribution in [2.24, 2.45) is 0 Å². The van der Waals surface area contributed by atoms with Crippen molar-refractivity contribution in [3.8, 4) is 17.2 Å². The molecule has 0 unspecified atom stereocenters. The van der Waals surface area contributed by atoms with Gasteiger partial charge in [0.2, 0.25) is 0 Å². The Morgan fingerprint density at radius 3 is 2.58 bits per heavy atom. The lowest BCUT2D eigenvalue weighted by Crippen LogP contribution is -1.98. The zero-order valence-corrected chi connectivity index (χ0v) is 10.5. The summed E-state index contributed by atoms with van der Waals surface area (Å²) >= 11 is 0. The van der Waals surface area contributed by atoms with Crippen molar-refractivity contribution in [3.05, 3.63) is 47.8 Å². The molecule has 0 fully saturated rings. The van der Waals surface area contributed by atoms with Crippen LogP contribution in [0.25, 0.3) is 0 Å². The van der Waals surface area contributed by atoms with Crippen molar-refractivity contribution >= 4 is 0 Å². The average molecular weight is 261 g/mol. The lowest BCUT2D eigenvalue weighted by atomic mass is 10.2. The Balaban J connectivity index is 2.05. The fraction of sp³-hybridized carbons (Fsp3) is 0.214. The standard InChI is InChI=1S/C14H15NO4/c1-18-12-4-2-10(3-5-12)9-19-14-6-11(8-16)15-7-13(14)17/h2-7,16-17H,8-9H2,1H3. The highest BCUT2D eigenvalue weighted by molar-refractivity contribution is 5.38. The number of hydrogen-bond acceptors (Lipinski definition) is 5. The monoisotopic (exact) mass is 261 g/mol. The van der Waals surface area contributed by atoms with E-state index in [2.05, 4.69) is 4.98 Å². The van der Waals surface area contributed by atoms with Crippen LogP contribution in [0, 0.1) is 0 Å². The molecule has 2 aromatic rings. The molecule has 1 aromatic carbocycles. The van der Waals surface area contributed by atoms with Gasteiger partial charge in [-0.2, -0.15) is 0 Å². The molecule has 1 aromatic heterocycles. The maximum absolute atomic E-state index is 9.60. The summed E-state index contributed by atoms with van der Waals surface area (Å²) in [6.07, 6.45) is 1.26. The minimum absolute atomic E-state index is 0.0503. The number of pyridine rings is 1. The zero-order chi connectivity index (χ0) is 13.7. The third-order valence-electron chi connectivity index (χ3n) is 2.62. The van der Waals surface area contributed by atoms with E-state index in [1.165, 1.54) is 12.3 Å². The summed E-state index contributed by atoms with van der Waals surface area (Å²) in [6.45, 7) is 0.117. The Labute approximate surface area is 111 Å². The van der Waals surface area contributed by atoms with Crippen molar-refractivity contribution in [2.45, 2.75) is 13.2 Å². The fourth-order valence-corrected chi connectivity index (χ4v) is 1.56. The maximum atomic E-state index is 9.60. The van der Waals surface area contributed by atoms with Crippen molar-refractivity contribution < 1.29 is 19.7 Å². The minimum Gasteiger partial charge on any atom is -0.503 e. The molecule has 1 heterocycles. The quantitative estimate of drug-likeness (QED) is 0.859. The third kappa shape index (κ3) is 3.35. The van der Waals surface area contributed by atoms with Gasteiger partial charge in [0.25, 0.3) is 0 Å². The summed E-state index contributed by atoms with van der Waals surface area (Å²) < 4.78 is 10.6. The van der Waals surface area contributed by atoms with Gasteiger partial charge in [-0.25, -0.2) is 0 Å². The topological polar surface area (TPSA) is 71.8 Å². The van der Waals surface area contributed by atoms with Gasteiger partial charge < -0.3 is 19.7 Å². The van der Waals surface area contributed by atoms with Gasteiger partial charge in [-0.15, -0.1) is 0 Å². The predicted octanol–water partition coefficient (Wildman–Crippen LogP) is 1.87. The van der Waals surface area contributed by atoms with Crippen LogP contribution in [-0.4, -0.2) is 22.3 Å². The van der Waals surface area contributed by atoms with Gasteiger partial charge in [-0.1, -0.05) is 12.1 Å². The maximum Gasteiger partial charge on any atom is 0.176 e. The predicted molar refractivity (Wildman–Crippen MR) is 69.2 cm³/mol. The van der Waals surface area contributed by atoms with E-state index in [0.717, 1.165) is 11.3 Å². The molecule has 0 aliphatic rings. The van der Waals surface area contributed by atoms with Crippen molar-refractivity contribution in [3.63, 3.8) is 0 Å². The molecule has 0 saturated carbocycles. The SMILES string of the molecule is COc1ccc(COc2cc(CO)ncc2O)cc1. The molecule has 2 rings (SSSR count). The molecule has 0 aliphatic carbocycles. The number of aliphatic hydroxyl groups is 1. The van der Waals surface area contributed by atoms with Crippen LogP contribution in [-0.2, 0) is 13.2 Å². The van der Waals surface area contributed by atoms with Gasteiger partial charge in [-0.05, 0) is 17.7 Å². The van der Waals surface area contributed by atoms with Crippen molar-refractivity contribution in [1.82, 2.24) is 4.98 Å². The summed E-state index contributed by atoms with van der Waals surface area (Å²) in [5.41, 5.74) is 1.39. The van der Waals surface area contributed by atoms with Gasteiger partial charge in [0.1, 0.15) is 12.4 Å². The van der Waals surface area contributed by atoms with E-state index in [9.17, 15) is 5.11 Å². The second-order valence-electron chi connectivity index (χ2n) is 3.94. The summed E-state index contributed by atoms with van der Waals surface area (Å²) in [7, 11) is 1.61. The largest absolute Gasteiger partial charge is 0.503 e. The minimum atomic E-state index is -0.195. The lowest BCUT2D eigenvalue weighted by molar-refractivity contribution is 0.268. The number of aromatic hydroxyl groups is 1. The van der Waals surface area contributed by atoms with E-state index in [1.54, 1.807) is 7.11 Å². The van der Waals surface area contributed by atoms with Crippen LogP contribution in [0.15, 0.2) is 36.5 Å². The molecule has 0 aliphatic heterocycles. The molecule has 0 atom stereocenters. The first-order valence-electron chi connectivity index (χ1n) is 5.77. The number of benzene rings is 1. The van der Waals surface area contributed by atoms with Crippen LogP contribution in [0.2, 0.25) is 0 Å². The highest BCUT2D eigenvalue weighted by Crippen LogP contribution is 2.26. The Morgan fingerprint density at radius 2 is 1.95 bits per heavy atom. The molecule has 0 radical (unpaired) electrons. The number of aromatic nitrogens is 1. The Kier molecular flexibility index (Phi) is 4.20. The molecule has 2 N–H and O–H groups in total. The molecular weight excluding hydrogens is 246 g/mol. The molecule has 5 nitrogen and oxygen atoms in total. The second-order valence-corrected chi connectivity index (χ2v) is 3.94. The van der Waals surface area contributed by atoms with Gasteiger partial charge in [0.05, 0.1) is 25.6 Å². The molecule has 0 bridgehead atoms. The van der Waals surface area contributed by atoms with E-state index in [0.29, 0.717) is 18.1 Å². The van der Waals surface area contributed by atoms with Crippen LogP contribution < -0.4 is 9.47 Å². The Bertz CT molecular complexity index is 540. The van der Waals surface area contributed by atoms with E-state index >= 15 is 0 Å². The molecule has 0 amide bonds. The van der Waals surface area contributed by atoms with Crippen LogP contribution >= 0.6 is 0 Å². The van der Waals surface area contributed by atoms with Crippen LogP contribution in [0.4, 0.5) is 0 Å². The van der Waals surface area contributed by atoms with Crippen LogP contribution in [0.1, 0.15) is 11.3 Å². The number of hydrogen-bond donors (Lipinski definition) is 2. The van der Waals surface area contributed by atoms with E-state index in [1.807, 2.05) is 24.3 Å². The third-order valence-corrected chi connectivity index (χ3v) is 2.62. The van der Waals surface area contributed by atoms with Crippen LogP contribution in [0.5, 0.6) is 17.2 Å². The first-order valence-corrected chi connectivity index (χ1v) is 5.77. The fourth-order valence-electron chi connectivity index (χ4n) is 1.56. The summed E-state index contributed by atoms with van der Waals surface area (Å²) in [5.74, 6) is 1.03. The molecular formula is C14H15NO4. The number of aliphatic hydroxyl groups excluding tert-OH is 1. The number of rotatable bonds is 5. The average Bonchev–Trinajstić information content (AvgIpc) is 2.47. The van der Waals surface area contributed by atoms with E-state index < -0.39 is 0 Å². The highest BCUT2D eigenvalue weighted by atomic mass is 16.5. The van der Waals surface area contributed by atoms with Crippen molar-refractivity contribution in [1.29, 1.82) is 0 Å². The molecule has 100 valence electrons. The smallest absolute Gasteiger partial charge is 0.176 e. The molecule has 5 heteroatoms. The summed E-state index contributed by atoms with van der Waals surface area (Å²) in [6, 6.07) is 8.95. The van der Waals surface area contributed by atoms with Gasteiger partial charge in [-0.3, -0.25) is 4.98 Å². The lowest BCUT2D eigenvalue weighted by Gasteiger charge is -2.09. The highest BCUT2D eigenvalue weighted by Gasteiger charge is 2.05. The number of methoxy groups -OCH3 is 1. The summed E-state index contributed by atoms with van der Waals surface area (Å²) in [5, 5.41) is 18.6. The first-order chi connectivity index (χ1) is 9.22. The first kappa shape index (κ1) is 13.2. The van der Waals surface area contributed by atoms with Crippen LogP contribution in [0.3, 0.4) is 0 Å². The van der Waals surface area contributed by atoms with E-state index in [-0.39, 0.29) is 12.4 Å². The normalized spacial score (nSPS) is 10.2. The Morgan fingerprint density at radius 1 is 1.21 bits per heavy atom. The molecule has 0 spiro atoms. The second kappa shape index (κ2) is 6.06. The molecule has 0 saturated heterocycles. The summed E-state index contributed by atoms with van der Waals surface area (Å²) in [4.78, 5) is 3.84. The number of nitrogens with zero attached hydrogens (tertiary/aromatic N) is 1. The van der Waals surface area contributed by atoms with E-state index in [4.69, 9.17) is 14.6 Å². The Hall–Kier alpha value is -2.27. The van der Waals surface area contributed by atoms with Gasteiger partial charge in [0, 0.05) is 6.07 Å². The number of ether oxygens (including phenoxy) is 2. The van der Waals surface area contributed by atoms with Gasteiger partial charge in [0.15, 0.2) is 11.5 Å². The van der Waals surface area contributed by atoms with Crippen molar-refractivity contribution in [2.75, 3.05) is 7.11 Å². The van der Waals surface area contributed by atoms with Gasteiger partial charge >= 0.3 is 0 Å². The molecule has 19 heavy (non-hydrogen) atoms.